The maximum absolute atomic E-state index is 12.6. The van der Waals surface area contributed by atoms with Crippen LogP contribution in [0.15, 0.2) is 30.6 Å². The Morgan fingerprint density at radius 1 is 1.31 bits per heavy atom. The third kappa shape index (κ3) is 3.07. The van der Waals surface area contributed by atoms with E-state index in [0.717, 1.165) is 36.2 Å². The van der Waals surface area contributed by atoms with Crippen LogP contribution in [-0.2, 0) is 17.6 Å². The molecule has 1 unspecified atom stereocenters. The molecule has 1 aromatic carbocycles. The molecule has 4 rings (SSSR count). The zero-order valence-electron chi connectivity index (χ0n) is 15.2. The van der Waals surface area contributed by atoms with Gasteiger partial charge >= 0.3 is 0 Å². The smallest absolute Gasteiger partial charge is 0.252 e. The van der Waals surface area contributed by atoms with Crippen LogP contribution in [0.4, 0.5) is 0 Å². The highest BCUT2D eigenvalue weighted by atomic mass is 16.1. The largest absolute Gasteiger partial charge is 0.349 e. The van der Waals surface area contributed by atoms with Crippen LogP contribution in [0, 0.1) is 13.8 Å². The molecule has 1 atom stereocenters. The fourth-order valence-corrected chi connectivity index (χ4v) is 3.93. The molecule has 0 radical (unpaired) electrons. The van der Waals surface area contributed by atoms with E-state index in [2.05, 4.69) is 44.6 Å². The van der Waals surface area contributed by atoms with Gasteiger partial charge in [-0.25, -0.2) is 9.50 Å². The summed E-state index contributed by atoms with van der Waals surface area (Å²) in [6, 6.07) is 8.55. The lowest BCUT2D eigenvalue weighted by Gasteiger charge is -2.26. The fraction of sp³-hybridized carbons (Fsp3) is 0.400. The molecule has 0 bridgehead atoms. The zero-order valence-corrected chi connectivity index (χ0v) is 15.2. The van der Waals surface area contributed by atoms with Gasteiger partial charge in [0.15, 0.2) is 0 Å². The summed E-state index contributed by atoms with van der Waals surface area (Å²) < 4.78 is 1.73. The van der Waals surface area contributed by atoms with Gasteiger partial charge in [0.25, 0.3) is 5.78 Å². The molecule has 134 valence electrons. The second-order valence-electron chi connectivity index (χ2n) is 6.94. The summed E-state index contributed by atoms with van der Waals surface area (Å²) in [5.74, 6) is 0.691. The van der Waals surface area contributed by atoms with E-state index < -0.39 is 0 Å². The molecule has 1 amide bonds. The highest BCUT2D eigenvalue weighted by molar-refractivity contribution is 5.77. The van der Waals surface area contributed by atoms with E-state index in [4.69, 9.17) is 0 Å². The highest BCUT2D eigenvalue weighted by Crippen LogP contribution is 2.29. The number of carbonyl (C=O) groups excluding carboxylic acids is 1. The maximum Gasteiger partial charge on any atom is 0.252 e. The van der Waals surface area contributed by atoms with Crippen LogP contribution < -0.4 is 5.32 Å². The number of rotatable bonds is 4. The number of hydrogen-bond donors (Lipinski definition) is 1. The number of fused-ring (bicyclic) bond motifs is 2. The number of nitrogens with one attached hydrogen (secondary N) is 1. The van der Waals surface area contributed by atoms with E-state index in [1.54, 1.807) is 4.52 Å². The molecule has 2 heterocycles. The van der Waals surface area contributed by atoms with E-state index >= 15 is 0 Å². The SMILES string of the molecule is Cc1nc2ncnn2c(C)c1CCC(=O)NC1CCCc2ccccc21. The monoisotopic (exact) mass is 349 g/mol. The Kier molecular flexibility index (Phi) is 4.41. The minimum atomic E-state index is 0.0872. The standard InChI is InChI=1S/C20H23N5O/c1-13-16(14(2)25-20(23-13)21-12-22-25)10-11-19(26)24-18-9-5-7-15-6-3-4-8-17(15)18/h3-4,6,8,12,18H,5,7,9-11H2,1-2H3,(H,24,26). The first-order valence-corrected chi connectivity index (χ1v) is 9.16. The topological polar surface area (TPSA) is 72.2 Å². The Hall–Kier alpha value is -2.76. The predicted molar refractivity (Wildman–Crippen MR) is 98.8 cm³/mol. The number of carbonyl (C=O) groups is 1. The number of aryl methyl sites for hydroxylation is 3. The van der Waals surface area contributed by atoms with Crippen molar-refractivity contribution in [2.45, 2.75) is 52.0 Å². The number of aromatic nitrogens is 4. The summed E-state index contributed by atoms with van der Waals surface area (Å²) >= 11 is 0. The minimum Gasteiger partial charge on any atom is -0.349 e. The van der Waals surface area contributed by atoms with Crippen LogP contribution in [0.1, 0.15) is 53.4 Å². The normalized spacial score (nSPS) is 16.5. The van der Waals surface area contributed by atoms with Gasteiger partial charge < -0.3 is 5.32 Å². The summed E-state index contributed by atoms with van der Waals surface area (Å²) in [6.07, 6.45) is 5.83. The van der Waals surface area contributed by atoms with Gasteiger partial charge in [0.1, 0.15) is 6.33 Å². The Labute approximate surface area is 152 Å². The second-order valence-corrected chi connectivity index (χ2v) is 6.94. The summed E-state index contributed by atoms with van der Waals surface area (Å²) in [5.41, 5.74) is 5.61. The van der Waals surface area contributed by atoms with Crippen molar-refractivity contribution in [3.8, 4) is 0 Å². The number of hydrogen-bond acceptors (Lipinski definition) is 4. The van der Waals surface area contributed by atoms with E-state index in [1.165, 1.54) is 17.5 Å². The number of amides is 1. The Bertz CT molecular complexity index is 962. The fourth-order valence-electron chi connectivity index (χ4n) is 3.93. The van der Waals surface area contributed by atoms with Crippen molar-refractivity contribution in [1.82, 2.24) is 24.9 Å². The van der Waals surface area contributed by atoms with Gasteiger partial charge in [-0.15, -0.1) is 0 Å². The van der Waals surface area contributed by atoms with E-state index in [0.29, 0.717) is 18.6 Å². The highest BCUT2D eigenvalue weighted by Gasteiger charge is 2.21. The van der Waals surface area contributed by atoms with Crippen molar-refractivity contribution in [3.05, 3.63) is 58.7 Å². The first kappa shape index (κ1) is 16.7. The molecule has 3 aromatic rings. The molecule has 26 heavy (non-hydrogen) atoms. The van der Waals surface area contributed by atoms with Crippen molar-refractivity contribution < 1.29 is 4.79 Å². The van der Waals surface area contributed by atoms with E-state index in [1.807, 2.05) is 13.8 Å². The lowest BCUT2D eigenvalue weighted by atomic mass is 9.87. The molecule has 1 N–H and O–H groups in total. The Balaban J connectivity index is 1.45. The first-order chi connectivity index (χ1) is 12.6. The average molecular weight is 349 g/mol. The molecular formula is C20H23N5O. The van der Waals surface area contributed by atoms with Gasteiger partial charge in [0.05, 0.1) is 6.04 Å². The van der Waals surface area contributed by atoms with Crippen LogP contribution in [0.25, 0.3) is 5.78 Å². The summed E-state index contributed by atoms with van der Waals surface area (Å²) in [6.45, 7) is 3.97. The van der Waals surface area contributed by atoms with Crippen LogP contribution in [-0.4, -0.2) is 25.5 Å². The van der Waals surface area contributed by atoms with Gasteiger partial charge in [-0.1, -0.05) is 24.3 Å². The second kappa shape index (κ2) is 6.86. The third-order valence-corrected chi connectivity index (χ3v) is 5.30. The lowest BCUT2D eigenvalue weighted by Crippen LogP contribution is -2.31. The minimum absolute atomic E-state index is 0.0872. The molecule has 0 fully saturated rings. The molecule has 2 aromatic heterocycles. The van der Waals surface area contributed by atoms with Crippen molar-refractivity contribution in [2.24, 2.45) is 0 Å². The molecule has 1 aliphatic rings. The summed E-state index contributed by atoms with van der Waals surface area (Å²) in [5, 5.41) is 7.43. The van der Waals surface area contributed by atoms with Crippen LogP contribution in [0.5, 0.6) is 0 Å². The maximum atomic E-state index is 12.6. The number of nitrogens with zero attached hydrogens (tertiary/aromatic N) is 4. The predicted octanol–water partition coefficient (Wildman–Crippen LogP) is 2.87. The molecule has 0 aliphatic heterocycles. The van der Waals surface area contributed by atoms with Crippen molar-refractivity contribution >= 4 is 11.7 Å². The molecule has 0 saturated carbocycles. The quantitative estimate of drug-likeness (QED) is 0.786. The van der Waals surface area contributed by atoms with Gasteiger partial charge in [0.2, 0.25) is 5.91 Å². The summed E-state index contributed by atoms with van der Waals surface area (Å²) in [4.78, 5) is 21.2. The van der Waals surface area contributed by atoms with Crippen molar-refractivity contribution in [2.75, 3.05) is 0 Å². The number of benzene rings is 1. The van der Waals surface area contributed by atoms with Gasteiger partial charge in [0, 0.05) is 17.8 Å². The average Bonchev–Trinajstić information content (AvgIpc) is 3.10. The van der Waals surface area contributed by atoms with Crippen molar-refractivity contribution in [3.63, 3.8) is 0 Å². The first-order valence-electron chi connectivity index (χ1n) is 9.16. The molecule has 6 nitrogen and oxygen atoms in total. The Morgan fingerprint density at radius 3 is 3.04 bits per heavy atom. The van der Waals surface area contributed by atoms with Gasteiger partial charge in [-0.2, -0.15) is 10.1 Å². The molecular weight excluding hydrogens is 326 g/mol. The van der Waals surface area contributed by atoms with E-state index in [9.17, 15) is 4.79 Å². The third-order valence-electron chi connectivity index (χ3n) is 5.30. The van der Waals surface area contributed by atoms with Crippen molar-refractivity contribution in [1.29, 1.82) is 0 Å². The Morgan fingerprint density at radius 2 is 2.15 bits per heavy atom. The summed E-state index contributed by atoms with van der Waals surface area (Å²) in [7, 11) is 0. The zero-order chi connectivity index (χ0) is 18.1. The van der Waals surface area contributed by atoms with Gasteiger partial charge in [-0.3, -0.25) is 4.79 Å². The van der Waals surface area contributed by atoms with Crippen LogP contribution in [0.2, 0.25) is 0 Å². The van der Waals surface area contributed by atoms with Crippen LogP contribution >= 0.6 is 0 Å². The molecule has 6 heteroatoms. The molecule has 0 spiro atoms. The van der Waals surface area contributed by atoms with Crippen LogP contribution in [0.3, 0.4) is 0 Å². The lowest BCUT2D eigenvalue weighted by molar-refractivity contribution is -0.121. The molecule has 0 saturated heterocycles. The van der Waals surface area contributed by atoms with Gasteiger partial charge in [-0.05, 0) is 56.2 Å². The van der Waals surface area contributed by atoms with E-state index in [-0.39, 0.29) is 11.9 Å². The molecule has 1 aliphatic carbocycles.